The van der Waals surface area contributed by atoms with Crippen molar-refractivity contribution in [1.29, 1.82) is 0 Å². The van der Waals surface area contributed by atoms with E-state index in [2.05, 4.69) is 9.97 Å². The number of aromatic nitrogens is 2. The van der Waals surface area contributed by atoms with Gasteiger partial charge in [-0.1, -0.05) is 0 Å². The minimum atomic E-state index is -3.55. The molecule has 0 radical (unpaired) electrons. The number of rotatable bonds is 2. The molecule has 0 amide bonds. The monoisotopic (exact) mass is 292 g/mol. The van der Waals surface area contributed by atoms with Crippen molar-refractivity contribution in [2.24, 2.45) is 5.73 Å². The first-order valence-corrected chi connectivity index (χ1v) is 6.99. The summed E-state index contributed by atoms with van der Waals surface area (Å²) in [5, 5.41) is -0.118. The zero-order valence-corrected chi connectivity index (χ0v) is 11.7. The molecule has 0 aliphatic carbocycles. The fourth-order valence-electron chi connectivity index (χ4n) is 1.78. The molecule has 2 rings (SSSR count). The molecule has 2 N–H and O–H groups in total. The molecule has 18 heavy (non-hydrogen) atoms. The molecule has 0 saturated carbocycles. The Morgan fingerprint density at radius 2 is 2.00 bits per heavy atom. The first kappa shape index (κ1) is 15.3. The number of sulfonamides is 1. The normalized spacial score (nSPS) is 18.3. The standard InChI is InChI=1S/C10H16N4O2S.ClH/c1-8-2-5-12-10(13-8)17(15,16)14-6-3-9(11)4-7-14;/h2,5,9H,3-4,6-7,11H2,1H3;1H. The number of hydrogen-bond acceptors (Lipinski definition) is 5. The van der Waals surface area contributed by atoms with E-state index in [4.69, 9.17) is 5.73 Å². The van der Waals surface area contributed by atoms with E-state index < -0.39 is 10.0 Å². The predicted molar refractivity (Wildman–Crippen MR) is 70.0 cm³/mol. The molecule has 1 aromatic heterocycles. The molecule has 1 fully saturated rings. The van der Waals surface area contributed by atoms with Crippen molar-refractivity contribution in [2.75, 3.05) is 13.1 Å². The molecule has 0 bridgehead atoms. The molecule has 0 aromatic carbocycles. The zero-order valence-electron chi connectivity index (χ0n) is 10.1. The Bertz CT molecular complexity index is 500. The van der Waals surface area contributed by atoms with E-state index in [1.807, 2.05) is 0 Å². The van der Waals surface area contributed by atoms with Crippen LogP contribution in [-0.4, -0.2) is 41.8 Å². The van der Waals surface area contributed by atoms with Crippen molar-refractivity contribution < 1.29 is 8.42 Å². The largest absolute Gasteiger partial charge is 0.328 e. The number of piperidine rings is 1. The molecule has 2 heterocycles. The second kappa shape index (κ2) is 5.92. The molecule has 6 nitrogen and oxygen atoms in total. The van der Waals surface area contributed by atoms with Crippen molar-refractivity contribution in [3.63, 3.8) is 0 Å². The summed E-state index contributed by atoms with van der Waals surface area (Å²) in [6, 6.07) is 1.77. The van der Waals surface area contributed by atoms with Gasteiger partial charge >= 0.3 is 0 Å². The van der Waals surface area contributed by atoms with E-state index in [0.29, 0.717) is 31.6 Å². The van der Waals surface area contributed by atoms with Crippen LogP contribution in [0.1, 0.15) is 18.5 Å². The highest BCUT2D eigenvalue weighted by Crippen LogP contribution is 2.17. The Morgan fingerprint density at radius 3 is 2.56 bits per heavy atom. The molecule has 0 unspecified atom stereocenters. The van der Waals surface area contributed by atoms with Gasteiger partial charge in [-0.3, -0.25) is 0 Å². The summed E-state index contributed by atoms with van der Waals surface area (Å²) in [6.07, 6.45) is 2.83. The maximum absolute atomic E-state index is 12.2. The average molecular weight is 293 g/mol. The Kier molecular flexibility index (Phi) is 5.03. The summed E-state index contributed by atoms with van der Waals surface area (Å²) in [4.78, 5) is 7.80. The minimum absolute atomic E-state index is 0. The second-order valence-electron chi connectivity index (χ2n) is 4.22. The van der Waals surface area contributed by atoms with Crippen molar-refractivity contribution in [3.05, 3.63) is 18.0 Å². The Labute approximate surface area is 113 Å². The summed E-state index contributed by atoms with van der Waals surface area (Å²) in [5.74, 6) is 0. The van der Waals surface area contributed by atoms with Gasteiger partial charge in [0.1, 0.15) is 0 Å². The van der Waals surface area contributed by atoms with E-state index >= 15 is 0 Å². The van der Waals surface area contributed by atoms with Crippen LogP contribution in [-0.2, 0) is 10.0 Å². The highest BCUT2D eigenvalue weighted by atomic mass is 35.5. The summed E-state index contributed by atoms with van der Waals surface area (Å²) < 4.78 is 25.8. The lowest BCUT2D eigenvalue weighted by atomic mass is 10.1. The molecule has 1 saturated heterocycles. The van der Waals surface area contributed by atoms with Crippen molar-refractivity contribution in [2.45, 2.75) is 31.0 Å². The van der Waals surface area contributed by atoms with Crippen LogP contribution in [0.25, 0.3) is 0 Å². The van der Waals surface area contributed by atoms with Crippen molar-refractivity contribution >= 4 is 22.4 Å². The first-order chi connectivity index (χ1) is 8.00. The number of nitrogens with zero attached hydrogens (tertiary/aromatic N) is 3. The molecule has 1 aliphatic rings. The maximum Gasteiger partial charge on any atom is 0.278 e. The third kappa shape index (κ3) is 3.17. The highest BCUT2D eigenvalue weighted by Gasteiger charge is 2.30. The molecule has 1 aromatic rings. The van der Waals surface area contributed by atoms with Crippen LogP contribution in [0, 0.1) is 6.92 Å². The Hall–Kier alpha value is -0.760. The molecule has 8 heteroatoms. The average Bonchev–Trinajstić information content (AvgIpc) is 2.29. The van der Waals surface area contributed by atoms with E-state index in [1.54, 1.807) is 13.0 Å². The number of halogens is 1. The van der Waals surface area contributed by atoms with Crippen LogP contribution < -0.4 is 5.73 Å². The summed E-state index contributed by atoms with van der Waals surface area (Å²) >= 11 is 0. The van der Waals surface area contributed by atoms with Crippen molar-refractivity contribution in [1.82, 2.24) is 14.3 Å². The van der Waals surface area contributed by atoms with Gasteiger partial charge in [0.2, 0.25) is 0 Å². The first-order valence-electron chi connectivity index (χ1n) is 5.55. The van der Waals surface area contributed by atoms with Crippen LogP contribution in [0.5, 0.6) is 0 Å². The number of nitrogens with two attached hydrogens (primary N) is 1. The second-order valence-corrected chi connectivity index (χ2v) is 6.05. The molecular weight excluding hydrogens is 276 g/mol. The minimum Gasteiger partial charge on any atom is -0.328 e. The summed E-state index contributed by atoms with van der Waals surface area (Å²) in [6.45, 7) is 2.63. The Balaban J connectivity index is 0.00000162. The van der Waals surface area contributed by atoms with Gasteiger partial charge in [-0.05, 0) is 25.8 Å². The summed E-state index contributed by atoms with van der Waals surface area (Å²) in [5.41, 5.74) is 6.40. The highest BCUT2D eigenvalue weighted by molar-refractivity contribution is 7.88. The molecule has 0 spiro atoms. The van der Waals surface area contributed by atoms with E-state index in [1.165, 1.54) is 10.5 Å². The molecule has 102 valence electrons. The maximum atomic E-state index is 12.2. The lowest BCUT2D eigenvalue weighted by Crippen LogP contribution is -2.43. The topological polar surface area (TPSA) is 89.2 Å². The van der Waals surface area contributed by atoms with Crippen molar-refractivity contribution in [3.8, 4) is 0 Å². The van der Waals surface area contributed by atoms with E-state index in [0.717, 1.165) is 0 Å². The lowest BCUT2D eigenvalue weighted by Gasteiger charge is -2.28. The van der Waals surface area contributed by atoms with Gasteiger partial charge in [-0.2, -0.15) is 4.31 Å². The number of aryl methyl sites for hydroxylation is 1. The zero-order chi connectivity index (χ0) is 12.5. The fourth-order valence-corrected chi connectivity index (χ4v) is 3.16. The van der Waals surface area contributed by atoms with E-state index in [9.17, 15) is 8.42 Å². The number of hydrogen-bond donors (Lipinski definition) is 1. The van der Waals surface area contributed by atoms with Gasteiger partial charge < -0.3 is 5.73 Å². The fraction of sp³-hybridized carbons (Fsp3) is 0.600. The molecule has 1 aliphatic heterocycles. The Morgan fingerprint density at radius 1 is 1.39 bits per heavy atom. The van der Waals surface area contributed by atoms with Gasteiger partial charge in [0.05, 0.1) is 0 Å². The predicted octanol–water partition coefficient (Wildman–Crippen LogP) is 0.319. The van der Waals surface area contributed by atoms with Gasteiger partial charge in [0.25, 0.3) is 15.2 Å². The van der Waals surface area contributed by atoms with Gasteiger partial charge in [-0.25, -0.2) is 18.4 Å². The quantitative estimate of drug-likeness (QED) is 0.793. The third-order valence-corrected chi connectivity index (χ3v) is 4.55. The van der Waals surface area contributed by atoms with Gasteiger partial charge in [0.15, 0.2) is 0 Å². The van der Waals surface area contributed by atoms with Crippen LogP contribution in [0.15, 0.2) is 17.4 Å². The van der Waals surface area contributed by atoms with E-state index in [-0.39, 0.29) is 23.6 Å². The third-order valence-electron chi connectivity index (χ3n) is 2.84. The van der Waals surface area contributed by atoms with Crippen LogP contribution in [0.3, 0.4) is 0 Å². The SMILES string of the molecule is Cc1ccnc(S(=O)(=O)N2CCC(N)CC2)n1.Cl. The molecular formula is C10H17ClN4O2S. The summed E-state index contributed by atoms with van der Waals surface area (Å²) in [7, 11) is -3.55. The smallest absolute Gasteiger partial charge is 0.278 e. The van der Waals surface area contributed by atoms with Crippen LogP contribution in [0.4, 0.5) is 0 Å². The van der Waals surface area contributed by atoms with Gasteiger partial charge in [0, 0.05) is 31.0 Å². The van der Waals surface area contributed by atoms with Crippen LogP contribution in [0.2, 0.25) is 0 Å². The van der Waals surface area contributed by atoms with Crippen LogP contribution >= 0.6 is 12.4 Å². The molecule has 0 atom stereocenters. The lowest BCUT2D eigenvalue weighted by molar-refractivity contribution is 0.318. The van der Waals surface area contributed by atoms with Gasteiger partial charge in [-0.15, -0.1) is 12.4 Å².